The molecule has 0 bridgehead atoms. The van der Waals surface area contributed by atoms with Crippen molar-refractivity contribution in [3.05, 3.63) is 34.3 Å². The smallest absolute Gasteiger partial charge is 0.165 e. The molecule has 0 N–H and O–H groups in total. The average molecular weight is 222 g/mol. The SMILES string of the molecule is CC(C)C(=O)c1ccc(Cl)c(CC#N)c1. The van der Waals surface area contributed by atoms with Crippen LogP contribution in [-0.4, -0.2) is 5.78 Å². The average Bonchev–Trinajstić information content (AvgIpc) is 2.20. The molecule has 1 aromatic rings. The van der Waals surface area contributed by atoms with Crippen LogP contribution in [0.3, 0.4) is 0 Å². The molecule has 0 aliphatic rings. The Morgan fingerprint density at radius 1 is 1.53 bits per heavy atom. The Bertz CT molecular complexity index is 418. The molecule has 0 spiro atoms. The summed E-state index contributed by atoms with van der Waals surface area (Å²) in [7, 11) is 0. The number of carbonyl (C=O) groups excluding carboxylic acids is 1. The highest BCUT2D eigenvalue weighted by atomic mass is 35.5. The first-order valence-electron chi connectivity index (χ1n) is 4.76. The van der Waals surface area contributed by atoms with E-state index in [-0.39, 0.29) is 18.1 Å². The van der Waals surface area contributed by atoms with Gasteiger partial charge in [-0.05, 0) is 23.8 Å². The van der Waals surface area contributed by atoms with Crippen molar-refractivity contribution in [2.75, 3.05) is 0 Å². The molecular formula is C12H12ClNO. The zero-order valence-electron chi connectivity index (χ0n) is 8.75. The number of Topliss-reactive ketones (excluding diaryl/α,β-unsaturated/α-hetero) is 1. The number of nitriles is 1. The maximum absolute atomic E-state index is 11.7. The van der Waals surface area contributed by atoms with E-state index in [1.807, 2.05) is 19.9 Å². The summed E-state index contributed by atoms with van der Waals surface area (Å²) in [5.41, 5.74) is 1.34. The number of hydrogen-bond donors (Lipinski definition) is 0. The highest BCUT2D eigenvalue weighted by molar-refractivity contribution is 6.31. The van der Waals surface area contributed by atoms with Gasteiger partial charge in [0.15, 0.2) is 5.78 Å². The number of halogens is 1. The van der Waals surface area contributed by atoms with Crippen LogP contribution in [0.1, 0.15) is 29.8 Å². The molecule has 0 aliphatic carbocycles. The second-order valence-corrected chi connectivity index (χ2v) is 4.07. The molecule has 0 amide bonds. The van der Waals surface area contributed by atoms with Gasteiger partial charge in [-0.25, -0.2) is 0 Å². The first-order valence-corrected chi connectivity index (χ1v) is 5.13. The predicted octanol–water partition coefficient (Wildman–Crippen LogP) is 3.24. The molecule has 0 saturated carbocycles. The fourth-order valence-corrected chi connectivity index (χ4v) is 1.47. The van der Waals surface area contributed by atoms with Crippen LogP contribution in [0.4, 0.5) is 0 Å². The minimum atomic E-state index is -0.0406. The molecule has 15 heavy (non-hydrogen) atoms. The number of benzene rings is 1. The monoisotopic (exact) mass is 221 g/mol. The summed E-state index contributed by atoms with van der Waals surface area (Å²) < 4.78 is 0. The van der Waals surface area contributed by atoms with Gasteiger partial charge in [-0.3, -0.25) is 4.79 Å². The van der Waals surface area contributed by atoms with Crippen molar-refractivity contribution in [1.29, 1.82) is 5.26 Å². The second-order valence-electron chi connectivity index (χ2n) is 3.66. The van der Waals surface area contributed by atoms with Crippen molar-refractivity contribution in [1.82, 2.24) is 0 Å². The van der Waals surface area contributed by atoms with Crippen LogP contribution in [0, 0.1) is 17.2 Å². The highest BCUT2D eigenvalue weighted by Crippen LogP contribution is 2.19. The van der Waals surface area contributed by atoms with Crippen molar-refractivity contribution >= 4 is 17.4 Å². The zero-order chi connectivity index (χ0) is 11.4. The lowest BCUT2D eigenvalue weighted by Gasteiger charge is -2.06. The molecule has 0 aromatic heterocycles. The predicted molar refractivity (Wildman–Crippen MR) is 59.9 cm³/mol. The van der Waals surface area contributed by atoms with Crippen LogP contribution in [0.2, 0.25) is 5.02 Å². The van der Waals surface area contributed by atoms with E-state index in [4.69, 9.17) is 16.9 Å². The number of rotatable bonds is 3. The molecule has 2 nitrogen and oxygen atoms in total. The summed E-state index contributed by atoms with van der Waals surface area (Å²) >= 11 is 5.90. The van der Waals surface area contributed by atoms with Gasteiger partial charge in [0, 0.05) is 16.5 Å². The fourth-order valence-electron chi connectivity index (χ4n) is 1.28. The summed E-state index contributed by atoms with van der Waals surface area (Å²) in [6.07, 6.45) is 0.234. The quantitative estimate of drug-likeness (QED) is 0.736. The molecular weight excluding hydrogens is 210 g/mol. The summed E-state index contributed by atoms with van der Waals surface area (Å²) in [5.74, 6) is 0.0342. The van der Waals surface area contributed by atoms with Gasteiger partial charge in [-0.1, -0.05) is 25.4 Å². The fraction of sp³-hybridized carbons (Fsp3) is 0.333. The molecule has 78 valence electrons. The molecule has 0 heterocycles. The van der Waals surface area contributed by atoms with Crippen LogP contribution < -0.4 is 0 Å². The number of ketones is 1. The van der Waals surface area contributed by atoms with Gasteiger partial charge in [0.1, 0.15) is 0 Å². The Balaban J connectivity index is 3.08. The second kappa shape index (κ2) is 4.95. The van der Waals surface area contributed by atoms with E-state index < -0.39 is 0 Å². The molecule has 3 heteroatoms. The minimum Gasteiger partial charge on any atom is -0.294 e. The van der Waals surface area contributed by atoms with Crippen molar-refractivity contribution in [2.45, 2.75) is 20.3 Å². The summed E-state index contributed by atoms with van der Waals surface area (Å²) in [4.78, 5) is 11.7. The van der Waals surface area contributed by atoms with E-state index >= 15 is 0 Å². The molecule has 0 fully saturated rings. The van der Waals surface area contributed by atoms with Gasteiger partial charge in [-0.15, -0.1) is 0 Å². The Morgan fingerprint density at radius 3 is 2.73 bits per heavy atom. The molecule has 0 unspecified atom stereocenters. The van der Waals surface area contributed by atoms with Crippen molar-refractivity contribution in [3.8, 4) is 6.07 Å². The molecule has 0 aliphatic heterocycles. The van der Waals surface area contributed by atoms with Gasteiger partial charge in [0.2, 0.25) is 0 Å². The van der Waals surface area contributed by atoms with Gasteiger partial charge in [0.25, 0.3) is 0 Å². The molecule has 1 aromatic carbocycles. The van der Waals surface area contributed by atoms with Gasteiger partial charge >= 0.3 is 0 Å². The van der Waals surface area contributed by atoms with Gasteiger partial charge < -0.3 is 0 Å². The maximum Gasteiger partial charge on any atom is 0.165 e. The van der Waals surface area contributed by atoms with E-state index in [0.29, 0.717) is 16.1 Å². The van der Waals surface area contributed by atoms with Crippen molar-refractivity contribution < 1.29 is 4.79 Å². The van der Waals surface area contributed by atoms with Crippen LogP contribution >= 0.6 is 11.6 Å². The highest BCUT2D eigenvalue weighted by Gasteiger charge is 2.11. The number of carbonyl (C=O) groups is 1. The molecule has 1 rings (SSSR count). The number of hydrogen-bond acceptors (Lipinski definition) is 2. The largest absolute Gasteiger partial charge is 0.294 e. The van der Waals surface area contributed by atoms with E-state index in [2.05, 4.69) is 0 Å². The van der Waals surface area contributed by atoms with Crippen LogP contribution in [0.5, 0.6) is 0 Å². The summed E-state index contributed by atoms with van der Waals surface area (Å²) in [6.45, 7) is 3.70. The molecule has 0 saturated heterocycles. The van der Waals surface area contributed by atoms with E-state index in [1.165, 1.54) is 0 Å². The van der Waals surface area contributed by atoms with E-state index in [9.17, 15) is 4.79 Å². The first kappa shape index (κ1) is 11.7. The van der Waals surface area contributed by atoms with Crippen LogP contribution in [0.15, 0.2) is 18.2 Å². The Morgan fingerprint density at radius 2 is 2.20 bits per heavy atom. The van der Waals surface area contributed by atoms with E-state index in [1.54, 1.807) is 18.2 Å². The van der Waals surface area contributed by atoms with Crippen molar-refractivity contribution in [3.63, 3.8) is 0 Å². The third kappa shape index (κ3) is 2.81. The zero-order valence-corrected chi connectivity index (χ0v) is 9.51. The third-order valence-electron chi connectivity index (χ3n) is 2.12. The standard InChI is InChI=1S/C12H12ClNO/c1-8(2)12(15)10-3-4-11(13)9(7-10)5-6-14/h3-4,7-8H,5H2,1-2H3. The molecule has 0 atom stereocenters. The Kier molecular flexibility index (Phi) is 3.88. The van der Waals surface area contributed by atoms with Crippen molar-refractivity contribution in [2.24, 2.45) is 5.92 Å². The lowest BCUT2D eigenvalue weighted by molar-refractivity contribution is 0.0939. The third-order valence-corrected chi connectivity index (χ3v) is 2.49. The van der Waals surface area contributed by atoms with Gasteiger partial charge in [-0.2, -0.15) is 5.26 Å². The lowest BCUT2D eigenvalue weighted by atomic mass is 9.99. The topological polar surface area (TPSA) is 40.9 Å². The van der Waals surface area contributed by atoms with Crippen LogP contribution in [-0.2, 0) is 6.42 Å². The van der Waals surface area contributed by atoms with E-state index in [0.717, 1.165) is 0 Å². The maximum atomic E-state index is 11.7. The summed E-state index contributed by atoms with van der Waals surface area (Å²) in [5, 5.41) is 9.13. The normalized spacial score (nSPS) is 10.1. The molecule has 0 radical (unpaired) electrons. The first-order chi connectivity index (χ1) is 7.06. The summed E-state index contributed by atoms with van der Waals surface area (Å²) in [6, 6.07) is 7.10. The van der Waals surface area contributed by atoms with Crippen LogP contribution in [0.25, 0.3) is 0 Å². The Hall–Kier alpha value is -1.33. The van der Waals surface area contributed by atoms with Gasteiger partial charge in [0.05, 0.1) is 12.5 Å². The lowest BCUT2D eigenvalue weighted by Crippen LogP contribution is -2.07. The minimum absolute atomic E-state index is 0.0406. The number of nitrogens with zero attached hydrogens (tertiary/aromatic N) is 1. The Labute approximate surface area is 94.5 Å².